The zero-order valence-corrected chi connectivity index (χ0v) is 21.3. The molecular weight excluding hydrogens is 432 g/mol. The van der Waals surface area contributed by atoms with Crippen molar-refractivity contribution < 1.29 is 13.9 Å². The van der Waals surface area contributed by atoms with Crippen LogP contribution >= 0.6 is 11.8 Å². The summed E-state index contributed by atoms with van der Waals surface area (Å²) < 4.78 is 11.5. The van der Waals surface area contributed by atoms with Gasteiger partial charge in [-0.05, 0) is 77.3 Å². The molecule has 0 unspecified atom stereocenters. The van der Waals surface area contributed by atoms with Gasteiger partial charge in [-0.1, -0.05) is 35.4 Å². The minimum absolute atomic E-state index is 0.261. The number of carbonyl (C=O) groups excluding carboxylic acids is 1. The van der Waals surface area contributed by atoms with E-state index in [9.17, 15) is 9.59 Å². The molecule has 1 aromatic heterocycles. The molecule has 1 heterocycles. The molecule has 0 amide bonds. The summed E-state index contributed by atoms with van der Waals surface area (Å²) in [5.74, 6) is 1.11. The van der Waals surface area contributed by atoms with E-state index in [4.69, 9.17) is 9.15 Å². The van der Waals surface area contributed by atoms with Gasteiger partial charge in [0.1, 0.15) is 17.1 Å². The van der Waals surface area contributed by atoms with E-state index in [2.05, 4.69) is 31.2 Å². The maximum Gasteiger partial charge on any atom is 0.347 e. The van der Waals surface area contributed by atoms with Crippen LogP contribution in [0.1, 0.15) is 48.8 Å². The molecule has 0 fully saturated rings. The second kappa shape index (κ2) is 10.0. The first-order chi connectivity index (χ1) is 15.5. The molecular formula is C28H32O4S. The first-order valence-corrected chi connectivity index (χ1v) is 12.1. The van der Waals surface area contributed by atoms with Gasteiger partial charge in [0.15, 0.2) is 0 Å². The third-order valence-electron chi connectivity index (χ3n) is 5.35. The summed E-state index contributed by atoms with van der Waals surface area (Å²) in [7, 11) is 0. The van der Waals surface area contributed by atoms with Gasteiger partial charge in [-0.2, -0.15) is 0 Å². The standard InChI is InChI=1S/C28H32O4S/c1-17-8-10-22(11-9-17)33-13-12-21-16-23(32-27(30)28(5,6)7)25(26(29)31-21)24-19(3)14-18(2)15-20(24)4/h8-11,14-16H,12-13H2,1-7H3. The van der Waals surface area contributed by atoms with Gasteiger partial charge in [0.05, 0.1) is 5.41 Å². The summed E-state index contributed by atoms with van der Waals surface area (Å²) in [6, 6.07) is 14.1. The lowest BCUT2D eigenvalue weighted by Gasteiger charge is -2.19. The van der Waals surface area contributed by atoms with Crippen LogP contribution in [0.25, 0.3) is 11.1 Å². The van der Waals surface area contributed by atoms with Crippen molar-refractivity contribution in [2.24, 2.45) is 5.41 Å². The molecule has 33 heavy (non-hydrogen) atoms. The van der Waals surface area contributed by atoms with Crippen molar-refractivity contribution in [2.75, 3.05) is 5.75 Å². The molecule has 3 aromatic rings. The molecule has 0 atom stereocenters. The van der Waals surface area contributed by atoms with Crippen molar-refractivity contribution in [3.8, 4) is 16.9 Å². The number of hydrogen-bond acceptors (Lipinski definition) is 5. The quantitative estimate of drug-likeness (QED) is 0.296. The maximum absolute atomic E-state index is 13.2. The van der Waals surface area contributed by atoms with Crippen LogP contribution in [0.15, 0.2) is 56.6 Å². The van der Waals surface area contributed by atoms with Crippen molar-refractivity contribution in [3.63, 3.8) is 0 Å². The Morgan fingerprint density at radius 2 is 1.52 bits per heavy atom. The number of esters is 1. The monoisotopic (exact) mass is 464 g/mol. The second-order valence-corrected chi connectivity index (χ2v) is 10.7. The van der Waals surface area contributed by atoms with Gasteiger partial charge in [0.2, 0.25) is 0 Å². The average molecular weight is 465 g/mol. The lowest BCUT2D eigenvalue weighted by molar-refractivity contribution is -0.142. The highest BCUT2D eigenvalue weighted by molar-refractivity contribution is 7.99. The number of rotatable bonds is 6. The second-order valence-electron chi connectivity index (χ2n) is 9.56. The molecule has 4 nitrogen and oxygen atoms in total. The summed E-state index contributed by atoms with van der Waals surface area (Å²) in [5.41, 5.74) is 4.07. The topological polar surface area (TPSA) is 56.5 Å². The fraction of sp³-hybridized carbons (Fsp3) is 0.357. The number of thioether (sulfide) groups is 1. The van der Waals surface area contributed by atoms with Crippen LogP contribution in [0.3, 0.4) is 0 Å². The molecule has 2 aromatic carbocycles. The Labute approximate surface area is 200 Å². The van der Waals surface area contributed by atoms with Crippen LogP contribution in [0, 0.1) is 33.1 Å². The average Bonchev–Trinajstić information content (AvgIpc) is 2.70. The van der Waals surface area contributed by atoms with Crippen molar-refractivity contribution in [2.45, 2.75) is 59.8 Å². The minimum Gasteiger partial charge on any atom is -0.427 e. The van der Waals surface area contributed by atoms with Crippen LogP contribution in [0.2, 0.25) is 0 Å². The number of benzene rings is 2. The Bertz CT molecular complexity index is 1190. The number of ether oxygens (including phenoxy) is 1. The fourth-order valence-corrected chi connectivity index (χ4v) is 4.55. The molecule has 5 heteroatoms. The smallest absolute Gasteiger partial charge is 0.347 e. The Morgan fingerprint density at radius 1 is 0.909 bits per heavy atom. The van der Waals surface area contributed by atoms with Crippen LogP contribution in [-0.4, -0.2) is 11.7 Å². The fourth-order valence-electron chi connectivity index (χ4n) is 3.68. The van der Waals surface area contributed by atoms with Gasteiger partial charge >= 0.3 is 11.6 Å². The van der Waals surface area contributed by atoms with E-state index >= 15 is 0 Å². The molecule has 0 saturated heterocycles. The van der Waals surface area contributed by atoms with Crippen molar-refractivity contribution >= 4 is 17.7 Å². The van der Waals surface area contributed by atoms with Crippen molar-refractivity contribution in [1.29, 1.82) is 0 Å². The van der Waals surface area contributed by atoms with Crippen LogP contribution < -0.4 is 10.4 Å². The molecule has 0 aliphatic heterocycles. The SMILES string of the molecule is Cc1ccc(SCCc2cc(OC(=O)C(C)(C)C)c(-c3c(C)cc(C)cc3C)c(=O)o2)cc1. The van der Waals surface area contributed by atoms with Gasteiger partial charge in [-0.25, -0.2) is 4.79 Å². The zero-order valence-electron chi connectivity index (χ0n) is 20.5. The highest BCUT2D eigenvalue weighted by Crippen LogP contribution is 2.35. The number of hydrogen-bond donors (Lipinski definition) is 0. The summed E-state index contributed by atoms with van der Waals surface area (Å²) >= 11 is 1.69. The van der Waals surface area contributed by atoms with Gasteiger partial charge in [0, 0.05) is 23.1 Å². The molecule has 3 rings (SSSR count). The largest absolute Gasteiger partial charge is 0.427 e. The number of aryl methyl sites for hydroxylation is 5. The molecule has 0 aliphatic rings. The van der Waals surface area contributed by atoms with Gasteiger partial charge in [-0.3, -0.25) is 4.79 Å². The Morgan fingerprint density at radius 3 is 2.09 bits per heavy atom. The Balaban J connectivity index is 1.98. The van der Waals surface area contributed by atoms with E-state index in [1.165, 1.54) is 5.56 Å². The first kappa shape index (κ1) is 24.8. The zero-order chi connectivity index (χ0) is 24.3. The molecule has 0 saturated carbocycles. The maximum atomic E-state index is 13.2. The van der Waals surface area contributed by atoms with Gasteiger partial charge in [0.25, 0.3) is 0 Å². The molecule has 0 bridgehead atoms. The first-order valence-electron chi connectivity index (χ1n) is 11.1. The van der Waals surface area contributed by atoms with Crippen molar-refractivity contribution in [3.05, 3.63) is 80.9 Å². The molecule has 0 N–H and O–H groups in total. The normalized spacial score (nSPS) is 11.5. The third kappa shape index (κ3) is 6.17. The predicted molar refractivity (Wildman–Crippen MR) is 135 cm³/mol. The van der Waals surface area contributed by atoms with Crippen LogP contribution in [0.5, 0.6) is 5.75 Å². The Kier molecular flexibility index (Phi) is 7.53. The lowest BCUT2D eigenvalue weighted by Crippen LogP contribution is -2.26. The summed E-state index contributed by atoms with van der Waals surface area (Å²) in [5, 5.41) is 0. The predicted octanol–water partition coefficient (Wildman–Crippen LogP) is 6.83. The van der Waals surface area contributed by atoms with E-state index in [0.717, 1.165) is 32.9 Å². The lowest BCUT2D eigenvalue weighted by atomic mass is 9.94. The van der Waals surface area contributed by atoms with E-state index in [-0.39, 0.29) is 5.75 Å². The number of carbonyl (C=O) groups is 1. The van der Waals surface area contributed by atoms with E-state index < -0.39 is 17.0 Å². The molecule has 174 valence electrons. The highest BCUT2D eigenvalue weighted by Gasteiger charge is 2.27. The minimum atomic E-state index is -0.702. The van der Waals surface area contributed by atoms with Crippen LogP contribution in [-0.2, 0) is 11.2 Å². The highest BCUT2D eigenvalue weighted by atomic mass is 32.2. The van der Waals surface area contributed by atoms with E-state index in [0.29, 0.717) is 17.7 Å². The van der Waals surface area contributed by atoms with Gasteiger partial charge < -0.3 is 9.15 Å². The summed E-state index contributed by atoms with van der Waals surface area (Å²) in [4.78, 5) is 27.1. The Hall–Kier alpha value is -2.79. The van der Waals surface area contributed by atoms with Gasteiger partial charge in [-0.15, -0.1) is 11.8 Å². The molecule has 0 aliphatic carbocycles. The summed E-state index contributed by atoms with van der Waals surface area (Å²) in [6.45, 7) is 13.4. The third-order valence-corrected chi connectivity index (χ3v) is 6.36. The van der Waals surface area contributed by atoms with E-state index in [1.54, 1.807) is 38.6 Å². The van der Waals surface area contributed by atoms with E-state index in [1.807, 2.05) is 32.9 Å². The molecule has 0 spiro atoms. The van der Waals surface area contributed by atoms with Crippen molar-refractivity contribution in [1.82, 2.24) is 0 Å². The molecule has 0 radical (unpaired) electrons. The van der Waals surface area contributed by atoms with Crippen LogP contribution in [0.4, 0.5) is 0 Å². The summed E-state index contributed by atoms with van der Waals surface area (Å²) in [6.07, 6.45) is 0.542.